The Morgan fingerprint density at radius 1 is 0.241 bits per heavy atom. The third-order valence-electron chi connectivity index (χ3n) is 11.4. The highest BCUT2D eigenvalue weighted by atomic mass is 32.1. The number of anilines is 3. The molecule has 0 amide bonds. The minimum atomic E-state index is 1.11. The van der Waals surface area contributed by atoms with Gasteiger partial charge in [0.1, 0.15) is 0 Å². The number of thiophene rings is 1. The molecule has 58 heavy (non-hydrogen) atoms. The van der Waals surface area contributed by atoms with Gasteiger partial charge in [-0.1, -0.05) is 170 Å². The maximum absolute atomic E-state index is 2.41. The van der Waals surface area contributed by atoms with Gasteiger partial charge in [0.05, 0.1) is 0 Å². The molecule has 11 aromatic rings. The molecule has 0 aliphatic carbocycles. The number of hydrogen-bond acceptors (Lipinski definition) is 2. The van der Waals surface area contributed by atoms with Crippen molar-refractivity contribution in [2.45, 2.75) is 0 Å². The first-order valence-corrected chi connectivity index (χ1v) is 20.7. The summed E-state index contributed by atoms with van der Waals surface area (Å²) in [7, 11) is 0. The van der Waals surface area contributed by atoms with Crippen molar-refractivity contribution in [3.05, 3.63) is 224 Å². The topological polar surface area (TPSA) is 3.24 Å². The van der Waals surface area contributed by atoms with E-state index in [0.717, 1.165) is 17.1 Å². The number of fused-ring (bicyclic) bond motifs is 6. The van der Waals surface area contributed by atoms with Crippen molar-refractivity contribution in [3.63, 3.8) is 0 Å². The van der Waals surface area contributed by atoms with Crippen molar-refractivity contribution in [2.75, 3.05) is 4.90 Å². The van der Waals surface area contributed by atoms with Crippen LogP contribution in [0.5, 0.6) is 0 Å². The Morgan fingerprint density at radius 3 is 1.45 bits per heavy atom. The van der Waals surface area contributed by atoms with E-state index in [4.69, 9.17) is 0 Å². The largest absolute Gasteiger partial charge is 0.310 e. The summed E-state index contributed by atoms with van der Waals surface area (Å²) in [4.78, 5) is 2.40. The van der Waals surface area contributed by atoms with Gasteiger partial charge in [-0.15, -0.1) is 11.3 Å². The second kappa shape index (κ2) is 14.4. The van der Waals surface area contributed by atoms with Crippen LogP contribution >= 0.6 is 11.3 Å². The van der Waals surface area contributed by atoms with Crippen molar-refractivity contribution in [2.24, 2.45) is 0 Å². The van der Waals surface area contributed by atoms with E-state index >= 15 is 0 Å². The monoisotopic (exact) mass is 755 g/mol. The molecule has 0 aliphatic rings. The van der Waals surface area contributed by atoms with Gasteiger partial charge >= 0.3 is 0 Å². The van der Waals surface area contributed by atoms with Gasteiger partial charge in [-0.25, -0.2) is 0 Å². The lowest BCUT2D eigenvalue weighted by Crippen LogP contribution is -2.10. The van der Waals surface area contributed by atoms with Gasteiger partial charge in [0.15, 0.2) is 0 Å². The van der Waals surface area contributed by atoms with Crippen molar-refractivity contribution < 1.29 is 0 Å². The third kappa shape index (κ3) is 5.94. The molecule has 0 saturated heterocycles. The first-order valence-electron chi connectivity index (χ1n) is 19.8. The number of rotatable bonds is 7. The van der Waals surface area contributed by atoms with Crippen molar-refractivity contribution in [1.29, 1.82) is 0 Å². The van der Waals surface area contributed by atoms with Crippen LogP contribution < -0.4 is 4.90 Å². The molecule has 1 heterocycles. The molecule has 272 valence electrons. The predicted molar refractivity (Wildman–Crippen MR) is 251 cm³/mol. The molecule has 0 unspecified atom stereocenters. The fourth-order valence-corrected chi connectivity index (χ4v) is 9.83. The van der Waals surface area contributed by atoms with Crippen molar-refractivity contribution >= 4 is 70.1 Å². The fraction of sp³-hybridized carbons (Fsp3) is 0. The van der Waals surface area contributed by atoms with Crippen LogP contribution in [0.3, 0.4) is 0 Å². The SMILES string of the molecule is c1ccc(-c2ccc(N(c3cccc(-c4ccc5c(c4)c(-c4ccccc4)c(-c4ccccc4)c4ccccc45)c3)c3ccc4sc5ccccc5c4c3)cc2)cc1. The van der Waals surface area contributed by atoms with Gasteiger partial charge in [0.25, 0.3) is 0 Å². The smallest absolute Gasteiger partial charge is 0.0468 e. The molecule has 0 spiro atoms. The highest BCUT2D eigenvalue weighted by Crippen LogP contribution is 2.46. The third-order valence-corrected chi connectivity index (χ3v) is 12.6. The summed E-state index contributed by atoms with van der Waals surface area (Å²) < 4.78 is 2.61. The Kier molecular flexibility index (Phi) is 8.42. The van der Waals surface area contributed by atoms with Crippen LogP contribution in [0.1, 0.15) is 0 Å². The van der Waals surface area contributed by atoms with Gasteiger partial charge in [0, 0.05) is 37.2 Å². The molecule has 2 heteroatoms. The number of hydrogen-bond donors (Lipinski definition) is 0. The Bertz CT molecular complexity index is 3260. The summed E-state index contributed by atoms with van der Waals surface area (Å²) in [5.74, 6) is 0. The second-order valence-corrected chi connectivity index (χ2v) is 15.9. The van der Waals surface area contributed by atoms with E-state index in [1.54, 1.807) is 0 Å². The molecule has 1 nitrogen and oxygen atoms in total. The van der Waals surface area contributed by atoms with Gasteiger partial charge in [-0.05, 0) is 121 Å². The Hall–Kier alpha value is -7.26. The summed E-state index contributed by atoms with van der Waals surface area (Å²) in [6.45, 7) is 0. The molecule has 0 saturated carbocycles. The van der Waals surface area contributed by atoms with Crippen molar-refractivity contribution in [3.8, 4) is 44.5 Å². The first kappa shape index (κ1) is 34.0. The Balaban J connectivity index is 1.11. The van der Waals surface area contributed by atoms with E-state index in [1.807, 2.05) is 11.3 Å². The highest BCUT2D eigenvalue weighted by molar-refractivity contribution is 7.25. The first-order chi connectivity index (χ1) is 28.8. The quantitative estimate of drug-likeness (QED) is 0.146. The Morgan fingerprint density at radius 2 is 0.724 bits per heavy atom. The van der Waals surface area contributed by atoms with Crippen LogP contribution in [0, 0.1) is 0 Å². The molecular weight excluding hydrogens is 719 g/mol. The zero-order valence-corrected chi connectivity index (χ0v) is 32.5. The standard InChI is InChI=1S/C56H37NS/c1-4-15-38(16-5-1)39-27-30-44(31-28-39)57(46-32-34-54-51(37-46)49-24-12-13-26-53(49)58-54)45-22-14-21-42(35-45)43-29-33-48-47-23-10-11-25-50(47)55(40-17-6-2-7-18-40)56(52(48)36-43)41-19-8-3-9-20-41/h1-37H. The van der Waals surface area contributed by atoms with Gasteiger partial charge in [0.2, 0.25) is 0 Å². The van der Waals surface area contributed by atoms with Crippen LogP contribution in [-0.2, 0) is 0 Å². The normalized spacial score (nSPS) is 11.4. The molecular formula is C56H37NS. The molecule has 0 fully saturated rings. The maximum Gasteiger partial charge on any atom is 0.0468 e. The molecule has 10 aromatic carbocycles. The summed E-state index contributed by atoms with van der Waals surface area (Å²) in [6.07, 6.45) is 0. The molecule has 0 N–H and O–H groups in total. The maximum atomic E-state index is 2.41. The molecule has 11 rings (SSSR count). The lowest BCUT2D eigenvalue weighted by molar-refractivity contribution is 1.29. The molecule has 0 aliphatic heterocycles. The van der Waals surface area contributed by atoms with Crippen LogP contribution in [0.15, 0.2) is 224 Å². The van der Waals surface area contributed by atoms with E-state index in [2.05, 4.69) is 229 Å². The molecule has 0 atom stereocenters. The fourth-order valence-electron chi connectivity index (χ4n) is 8.74. The highest BCUT2D eigenvalue weighted by Gasteiger charge is 2.20. The average molecular weight is 756 g/mol. The minimum absolute atomic E-state index is 1.11. The van der Waals surface area contributed by atoms with E-state index < -0.39 is 0 Å². The van der Waals surface area contributed by atoms with Crippen molar-refractivity contribution in [1.82, 2.24) is 0 Å². The van der Waals surface area contributed by atoms with E-state index in [1.165, 1.54) is 86.2 Å². The summed E-state index contributed by atoms with van der Waals surface area (Å²) in [6, 6.07) is 82.0. The zero-order chi connectivity index (χ0) is 38.4. The summed E-state index contributed by atoms with van der Waals surface area (Å²) in [5.41, 5.74) is 13.1. The lowest BCUT2D eigenvalue weighted by Gasteiger charge is -2.26. The van der Waals surface area contributed by atoms with E-state index in [9.17, 15) is 0 Å². The molecule has 1 aromatic heterocycles. The predicted octanol–water partition coefficient (Wildman–Crippen LogP) is 16.5. The van der Waals surface area contributed by atoms with Gasteiger partial charge < -0.3 is 4.90 Å². The summed E-state index contributed by atoms with van der Waals surface area (Å²) in [5, 5.41) is 7.60. The number of benzene rings is 10. The Labute approximate surface area is 342 Å². The minimum Gasteiger partial charge on any atom is -0.310 e. The van der Waals surface area contributed by atoms with Gasteiger partial charge in [-0.2, -0.15) is 0 Å². The summed E-state index contributed by atoms with van der Waals surface area (Å²) >= 11 is 1.85. The molecule has 0 bridgehead atoms. The molecule has 0 radical (unpaired) electrons. The average Bonchev–Trinajstić information content (AvgIpc) is 3.68. The second-order valence-electron chi connectivity index (χ2n) is 14.9. The van der Waals surface area contributed by atoms with Gasteiger partial charge in [-0.3, -0.25) is 0 Å². The number of nitrogens with zero attached hydrogens (tertiary/aromatic N) is 1. The van der Waals surface area contributed by atoms with Crippen LogP contribution in [0.4, 0.5) is 17.1 Å². The van der Waals surface area contributed by atoms with Crippen LogP contribution in [0.2, 0.25) is 0 Å². The lowest BCUT2D eigenvalue weighted by atomic mass is 9.84. The van der Waals surface area contributed by atoms with Crippen LogP contribution in [-0.4, -0.2) is 0 Å². The van der Waals surface area contributed by atoms with E-state index in [-0.39, 0.29) is 0 Å². The van der Waals surface area contributed by atoms with E-state index in [0.29, 0.717) is 0 Å². The zero-order valence-electron chi connectivity index (χ0n) is 31.7. The van der Waals surface area contributed by atoms with Crippen LogP contribution in [0.25, 0.3) is 86.2 Å².